The molecule has 3 rings (SSSR count). The molecule has 1 aliphatic heterocycles. The summed E-state index contributed by atoms with van der Waals surface area (Å²) in [6, 6.07) is 8.30. The van der Waals surface area contributed by atoms with E-state index in [1.54, 1.807) is 4.90 Å². The second-order valence-corrected chi connectivity index (χ2v) is 6.35. The Balaban J connectivity index is 1.55. The Morgan fingerprint density at radius 3 is 2.87 bits per heavy atom. The third-order valence-electron chi connectivity index (χ3n) is 4.74. The fourth-order valence-electron chi connectivity index (χ4n) is 3.51. The molecule has 1 unspecified atom stereocenters. The van der Waals surface area contributed by atoms with E-state index < -0.39 is 12.1 Å². The molecule has 1 fully saturated rings. The van der Waals surface area contributed by atoms with Gasteiger partial charge < -0.3 is 9.64 Å². The molecule has 4 nitrogen and oxygen atoms in total. The van der Waals surface area contributed by atoms with E-state index >= 15 is 0 Å². The van der Waals surface area contributed by atoms with Gasteiger partial charge in [0.1, 0.15) is 0 Å². The van der Waals surface area contributed by atoms with Crippen molar-refractivity contribution in [2.45, 2.75) is 51.5 Å². The molecule has 122 valence electrons. The average Bonchev–Trinajstić information content (AvgIpc) is 2.96. The van der Waals surface area contributed by atoms with Gasteiger partial charge in [0.25, 0.3) is 0 Å². The van der Waals surface area contributed by atoms with Crippen LogP contribution in [0.15, 0.2) is 29.8 Å². The first kappa shape index (κ1) is 15.8. The third-order valence-corrected chi connectivity index (χ3v) is 4.74. The van der Waals surface area contributed by atoms with Crippen LogP contribution in [0.25, 0.3) is 6.08 Å². The quantitative estimate of drug-likeness (QED) is 0.627. The van der Waals surface area contributed by atoms with E-state index in [1.165, 1.54) is 5.56 Å². The van der Waals surface area contributed by atoms with Gasteiger partial charge in [0.05, 0.1) is 6.42 Å². The molecule has 1 aromatic rings. The fraction of sp³-hybridized carbons (Fsp3) is 0.474. The molecule has 0 saturated carbocycles. The van der Waals surface area contributed by atoms with Crippen LogP contribution in [0, 0.1) is 0 Å². The Morgan fingerprint density at radius 1 is 1.26 bits per heavy atom. The number of esters is 1. The van der Waals surface area contributed by atoms with Crippen molar-refractivity contribution >= 4 is 18.1 Å². The molecule has 0 aromatic heterocycles. The zero-order valence-electron chi connectivity index (χ0n) is 13.6. The maximum absolute atomic E-state index is 12.2. The SMILES string of the molecule is CCC1CCCCN1C(=O)OC(=O)CC1=Cc2ccccc2C1. The summed E-state index contributed by atoms with van der Waals surface area (Å²) >= 11 is 0. The maximum atomic E-state index is 12.2. The summed E-state index contributed by atoms with van der Waals surface area (Å²) in [5, 5.41) is 0. The summed E-state index contributed by atoms with van der Waals surface area (Å²) in [6.45, 7) is 2.76. The summed E-state index contributed by atoms with van der Waals surface area (Å²) in [6.07, 6.45) is 6.53. The summed E-state index contributed by atoms with van der Waals surface area (Å²) in [7, 11) is 0. The molecule has 2 aliphatic rings. The summed E-state index contributed by atoms with van der Waals surface area (Å²) in [5.74, 6) is -0.450. The Bertz CT molecular complexity index is 635. The van der Waals surface area contributed by atoms with E-state index in [0.29, 0.717) is 6.54 Å². The van der Waals surface area contributed by atoms with E-state index in [1.807, 2.05) is 24.3 Å². The van der Waals surface area contributed by atoms with Gasteiger partial charge in [-0.1, -0.05) is 42.8 Å². The number of rotatable bonds is 3. The molecule has 0 spiro atoms. The third kappa shape index (κ3) is 3.63. The van der Waals surface area contributed by atoms with Crippen molar-refractivity contribution in [3.8, 4) is 0 Å². The fourth-order valence-corrected chi connectivity index (χ4v) is 3.51. The minimum Gasteiger partial charge on any atom is -0.376 e. The Labute approximate surface area is 137 Å². The first-order chi connectivity index (χ1) is 11.2. The second kappa shape index (κ2) is 6.99. The number of hydrogen-bond acceptors (Lipinski definition) is 3. The predicted molar refractivity (Wildman–Crippen MR) is 88.9 cm³/mol. The molecule has 0 radical (unpaired) electrons. The Kier molecular flexibility index (Phi) is 4.79. The van der Waals surface area contributed by atoms with Gasteiger partial charge in [0.15, 0.2) is 0 Å². The molecule has 1 atom stereocenters. The lowest BCUT2D eigenvalue weighted by atomic mass is 10.0. The van der Waals surface area contributed by atoms with E-state index in [0.717, 1.165) is 43.2 Å². The number of amides is 1. The van der Waals surface area contributed by atoms with Crippen molar-refractivity contribution in [2.24, 2.45) is 0 Å². The van der Waals surface area contributed by atoms with Gasteiger partial charge in [-0.25, -0.2) is 4.79 Å². The zero-order chi connectivity index (χ0) is 16.2. The maximum Gasteiger partial charge on any atom is 0.417 e. The van der Waals surface area contributed by atoms with Crippen LogP contribution in [0.3, 0.4) is 0 Å². The number of benzene rings is 1. The normalized spacial score (nSPS) is 20.0. The number of ether oxygens (including phenoxy) is 1. The van der Waals surface area contributed by atoms with Crippen molar-refractivity contribution < 1.29 is 14.3 Å². The van der Waals surface area contributed by atoms with Crippen molar-refractivity contribution in [3.63, 3.8) is 0 Å². The zero-order valence-corrected chi connectivity index (χ0v) is 13.6. The lowest BCUT2D eigenvalue weighted by Crippen LogP contribution is -2.44. The van der Waals surface area contributed by atoms with Crippen LogP contribution in [0.4, 0.5) is 4.79 Å². The van der Waals surface area contributed by atoms with Crippen molar-refractivity contribution in [1.29, 1.82) is 0 Å². The largest absolute Gasteiger partial charge is 0.417 e. The number of hydrogen-bond donors (Lipinski definition) is 0. The predicted octanol–water partition coefficient (Wildman–Crippen LogP) is 3.94. The molecule has 0 N–H and O–H groups in total. The highest BCUT2D eigenvalue weighted by Gasteiger charge is 2.28. The molecule has 0 bridgehead atoms. The monoisotopic (exact) mass is 313 g/mol. The number of carbonyl (C=O) groups is 2. The van der Waals surface area contributed by atoms with E-state index in [4.69, 9.17) is 4.74 Å². The molecule has 4 heteroatoms. The number of likely N-dealkylation sites (tertiary alicyclic amines) is 1. The van der Waals surface area contributed by atoms with Gasteiger partial charge in [-0.3, -0.25) is 4.79 Å². The number of piperidine rings is 1. The molecule has 1 amide bonds. The smallest absolute Gasteiger partial charge is 0.376 e. The van der Waals surface area contributed by atoms with Gasteiger partial charge in [-0.05, 0) is 43.2 Å². The summed E-state index contributed by atoms with van der Waals surface area (Å²) < 4.78 is 5.09. The molecule has 1 heterocycles. The van der Waals surface area contributed by atoms with E-state index in [9.17, 15) is 9.59 Å². The van der Waals surface area contributed by atoms with Gasteiger partial charge >= 0.3 is 12.1 Å². The van der Waals surface area contributed by atoms with Gasteiger partial charge in [0, 0.05) is 12.6 Å². The second-order valence-electron chi connectivity index (χ2n) is 6.35. The van der Waals surface area contributed by atoms with Crippen LogP contribution < -0.4 is 0 Å². The molecule has 1 saturated heterocycles. The highest BCUT2D eigenvalue weighted by Crippen LogP contribution is 2.27. The topological polar surface area (TPSA) is 46.6 Å². The first-order valence-electron chi connectivity index (χ1n) is 8.46. The molecule has 1 aliphatic carbocycles. The lowest BCUT2D eigenvalue weighted by molar-refractivity contribution is -0.137. The average molecular weight is 313 g/mol. The van der Waals surface area contributed by atoms with Crippen molar-refractivity contribution in [2.75, 3.05) is 6.54 Å². The summed E-state index contributed by atoms with van der Waals surface area (Å²) in [4.78, 5) is 26.0. The van der Waals surface area contributed by atoms with Crippen LogP contribution in [0.2, 0.25) is 0 Å². The molecular weight excluding hydrogens is 290 g/mol. The van der Waals surface area contributed by atoms with Crippen LogP contribution in [0.5, 0.6) is 0 Å². The Morgan fingerprint density at radius 2 is 2.09 bits per heavy atom. The van der Waals surface area contributed by atoms with Gasteiger partial charge in [-0.15, -0.1) is 0 Å². The van der Waals surface area contributed by atoms with Gasteiger partial charge in [0.2, 0.25) is 0 Å². The minimum absolute atomic E-state index is 0.186. The van der Waals surface area contributed by atoms with Crippen LogP contribution >= 0.6 is 0 Å². The van der Waals surface area contributed by atoms with Gasteiger partial charge in [-0.2, -0.15) is 0 Å². The highest BCUT2D eigenvalue weighted by atomic mass is 16.6. The first-order valence-corrected chi connectivity index (χ1v) is 8.46. The standard InChI is InChI=1S/C19H23NO3/c1-2-17-9-5-6-10-20(17)19(22)23-18(21)13-14-11-15-7-3-4-8-16(15)12-14/h3-4,7-8,11,17H,2,5-6,9-10,12-13H2,1H3. The molecular formula is C19H23NO3. The number of fused-ring (bicyclic) bond motifs is 1. The molecule has 23 heavy (non-hydrogen) atoms. The van der Waals surface area contributed by atoms with Crippen LogP contribution in [0.1, 0.15) is 50.2 Å². The Hall–Kier alpha value is -2.10. The minimum atomic E-state index is -0.474. The van der Waals surface area contributed by atoms with Crippen LogP contribution in [-0.4, -0.2) is 29.5 Å². The van der Waals surface area contributed by atoms with E-state index in [2.05, 4.69) is 13.0 Å². The van der Waals surface area contributed by atoms with E-state index in [-0.39, 0.29) is 12.5 Å². The highest BCUT2D eigenvalue weighted by molar-refractivity contribution is 5.87. The summed E-state index contributed by atoms with van der Waals surface area (Å²) in [5.41, 5.74) is 3.39. The van der Waals surface area contributed by atoms with Crippen molar-refractivity contribution in [3.05, 3.63) is 41.0 Å². The molecule has 1 aromatic carbocycles. The number of nitrogens with zero attached hydrogens (tertiary/aromatic N) is 1. The lowest BCUT2D eigenvalue weighted by Gasteiger charge is -2.33. The van der Waals surface area contributed by atoms with Crippen molar-refractivity contribution in [1.82, 2.24) is 4.90 Å². The van der Waals surface area contributed by atoms with Crippen LogP contribution in [-0.2, 0) is 16.0 Å². The number of carbonyl (C=O) groups excluding carboxylic acids is 2.